The lowest BCUT2D eigenvalue weighted by Crippen LogP contribution is -2.42. The molecule has 1 saturated carbocycles. The van der Waals surface area contributed by atoms with E-state index in [4.69, 9.17) is 4.74 Å². The zero-order valence-corrected chi connectivity index (χ0v) is 19.8. The van der Waals surface area contributed by atoms with Gasteiger partial charge in [-0.2, -0.15) is 0 Å². The number of nitrogens with zero attached hydrogens (tertiary/aromatic N) is 1. The van der Waals surface area contributed by atoms with Crippen LogP contribution in [0.2, 0.25) is 0 Å². The van der Waals surface area contributed by atoms with E-state index in [0.717, 1.165) is 18.4 Å². The third-order valence-electron chi connectivity index (χ3n) is 4.75. The Morgan fingerprint density at radius 2 is 1.90 bits per heavy atom. The van der Waals surface area contributed by atoms with Gasteiger partial charge in [-0.15, -0.1) is 24.0 Å². The molecule has 0 aromatic heterocycles. The number of halogens is 3. The first-order valence-corrected chi connectivity index (χ1v) is 9.89. The minimum atomic E-state index is -0.400. The molecular formula is C22H27F2IN4O2. The van der Waals surface area contributed by atoms with Gasteiger partial charge in [0.05, 0.1) is 19.2 Å². The van der Waals surface area contributed by atoms with E-state index < -0.39 is 5.82 Å². The van der Waals surface area contributed by atoms with Crippen LogP contribution in [0, 0.1) is 17.6 Å². The van der Waals surface area contributed by atoms with Crippen LogP contribution in [-0.2, 0) is 4.79 Å². The maximum absolute atomic E-state index is 14.3. The molecule has 1 atom stereocenters. The molecule has 3 rings (SSSR count). The van der Waals surface area contributed by atoms with Gasteiger partial charge in [-0.3, -0.25) is 9.79 Å². The quantitative estimate of drug-likeness (QED) is 0.264. The molecule has 2 aromatic rings. The van der Waals surface area contributed by atoms with Gasteiger partial charge in [-0.05, 0) is 67.6 Å². The Morgan fingerprint density at radius 3 is 2.52 bits per heavy atom. The van der Waals surface area contributed by atoms with Crippen molar-refractivity contribution in [3.05, 3.63) is 59.7 Å². The molecule has 1 aliphatic rings. The van der Waals surface area contributed by atoms with E-state index in [1.54, 1.807) is 19.2 Å². The van der Waals surface area contributed by atoms with Crippen LogP contribution in [0.5, 0.6) is 5.75 Å². The number of carbonyl (C=O) groups excluding carboxylic acids is 1. The van der Waals surface area contributed by atoms with Crippen molar-refractivity contribution in [2.45, 2.75) is 25.8 Å². The van der Waals surface area contributed by atoms with Crippen LogP contribution in [-0.4, -0.2) is 32.1 Å². The third kappa shape index (κ3) is 7.97. The summed E-state index contributed by atoms with van der Waals surface area (Å²) in [6.45, 7) is 2.39. The molecule has 2 aromatic carbocycles. The molecule has 1 fully saturated rings. The van der Waals surface area contributed by atoms with Gasteiger partial charge in [-0.1, -0.05) is 6.07 Å². The lowest BCUT2D eigenvalue weighted by molar-refractivity contribution is -0.115. The number of guanidine groups is 1. The smallest absolute Gasteiger partial charge is 0.243 e. The van der Waals surface area contributed by atoms with Gasteiger partial charge in [0.15, 0.2) is 17.5 Å². The summed E-state index contributed by atoms with van der Waals surface area (Å²) in [7, 11) is 1.58. The first-order chi connectivity index (χ1) is 14.4. The predicted octanol–water partition coefficient (Wildman–Crippen LogP) is 4.24. The molecule has 1 unspecified atom stereocenters. The molecule has 31 heavy (non-hydrogen) atoms. The standard InChI is InChI=1S/C22H26F2N4O2.HI/c1-14(16-5-10-20(19(24)11-16)30-13-15-3-4-15)27-22(25-2)26-12-21(29)28-18-8-6-17(23)7-9-18;/h5-11,14-15H,3-4,12-13H2,1-2H3,(H,28,29)(H2,25,26,27);1H. The van der Waals surface area contributed by atoms with Crippen LogP contribution >= 0.6 is 24.0 Å². The highest BCUT2D eigenvalue weighted by molar-refractivity contribution is 14.0. The van der Waals surface area contributed by atoms with E-state index in [9.17, 15) is 13.6 Å². The summed E-state index contributed by atoms with van der Waals surface area (Å²) in [5, 5.41) is 8.68. The summed E-state index contributed by atoms with van der Waals surface area (Å²) >= 11 is 0. The van der Waals surface area contributed by atoms with E-state index in [1.807, 2.05) is 6.92 Å². The van der Waals surface area contributed by atoms with Gasteiger partial charge in [-0.25, -0.2) is 8.78 Å². The third-order valence-corrected chi connectivity index (χ3v) is 4.75. The molecule has 6 nitrogen and oxygen atoms in total. The molecule has 0 radical (unpaired) electrons. The molecule has 3 N–H and O–H groups in total. The number of rotatable bonds is 8. The molecule has 0 heterocycles. The molecule has 0 aliphatic heterocycles. The minimum Gasteiger partial charge on any atom is -0.490 e. The maximum atomic E-state index is 14.3. The van der Waals surface area contributed by atoms with E-state index in [0.29, 0.717) is 24.2 Å². The van der Waals surface area contributed by atoms with Crippen LogP contribution in [0.25, 0.3) is 0 Å². The SMILES string of the molecule is CN=C(NCC(=O)Nc1ccc(F)cc1)NC(C)c1ccc(OCC2CC2)c(F)c1.I. The van der Waals surface area contributed by atoms with Crippen molar-refractivity contribution in [1.82, 2.24) is 10.6 Å². The number of carbonyl (C=O) groups is 1. The summed E-state index contributed by atoms with van der Waals surface area (Å²) in [5.41, 5.74) is 1.23. The topological polar surface area (TPSA) is 74.8 Å². The van der Waals surface area contributed by atoms with Crippen LogP contribution in [0.15, 0.2) is 47.5 Å². The Bertz CT molecular complexity index is 905. The highest BCUT2D eigenvalue weighted by Gasteiger charge is 2.22. The first-order valence-electron chi connectivity index (χ1n) is 9.89. The number of nitrogens with one attached hydrogen (secondary N) is 3. The lowest BCUT2D eigenvalue weighted by atomic mass is 10.1. The molecule has 9 heteroatoms. The molecule has 1 amide bonds. The molecule has 168 valence electrons. The summed E-state index contributed by atoms with van der Waals surface area (Å²) in [5.74, 6) is 0.135. The Kier molecular flexibility index (Phi) is 9.47. The average Bonchev–Trinajstić information content (AvgIpc) is 3.56. The second-order valence-electron chi connectivity index (χ2n) is 7.29. The van der Waals surface area contributed by atoms with Crippen molar-refractivity contribution in [3.63, 3.8) is 0 Å². The largest absolute Gasteiger partial charge is 0.490 e. The van der Waals surface area contributed by atoms with E-state index in [2.05, 4.69) is 20.9 Å². The highest BCUT2D eigenvalue weighted by Crippen LogP contribution is 2.30. The van der Waals surface area contributed by atoms with Gasteiger partial charge in [0, 0.05) is 12.7 Å². The van der Waals surface area contributed by atoms with Crippen LogP contribution < -0.4 is 20.7 Å². The number of aliphatic imine (C=N–C) groups is 1. The van der Waals surface area contributed by atoms with Gasteiger partial charge in [0.25, 0.3) is 0 Å². The monoisotopic (exact) mass is 544 g/mol. The Balaban J connectivity index is 0.00000341. The molecule has 1 aliphatic carbocycles. The van der Waals surface area contributed by atoms with Crippen LogP contribution in [0.3, 0.4) is 0 Å². The zero-order chi connectivity index (χ0) is 21.5. The highest BCUT2D eigenvalue weighted by atomic mass is 127. The summed E-state index contributed by atoms with van der Waals surface area (Å²) in [4.78, 5) is 16.1. The van der Waals surface area contributed by atoms with Crippen LogP contribution in [0.4, 0.5) is 14.5 Å². The summed E-state index contributed by atoms with van der Waals surface area (Å²) in [6.07, 6.45) is 2.30. The fraction of sp³-hybridized carbons (Fsp3) is 0.364. The summed E-state index contributed by atoms with van der Waals surface area (Å²) < 4.78 is 32.8. The molecular weight excluding hydrogens is 517 g/mol. The average molecular weight is 544 g/mol. The number of hydrogen-bond donors (Lipinski definition) is 3. The number of benzene rings is 2. The number of amides is 1. The number of ether oxygens (including phenoxy) is 1. The van der Waals surface area contributed by atoms with Crippen molar-refractivity contribution < 1.29 is 18.3 Å². The Hall–Kier alpha value is -2.43. The van der Waals surface area contributed by atoms with Crippen LogP contribution in [0.1, 0.15) is 31.4 Å². The van der Waals surface area contributed by atoms with Gasteiger partial charge >= 0.3 is 0 Å². The van der Waals surface area contributed by atoms with E-state index >= 15 is 0 Å². The van der Waals surface area contributed by atoms with Crippen molar-refractivity contribution >= 4 is 41.5 Å². The fourth-order valence-corrected chi connectivity index (χ4v) is 2.78. The number of hydrogen-bond acceptors (Lipinski definition) is 3. The van der Waals surface area contributed by atoms with Crippen molar-refractivity contribution in [3.8, 4) is 5.75 Å². The predicted molar refractivity (Wildman–Crippen MR) is 128 cm³/mol. The van der Waals surface area contributed by atoms with Gasteiger partial charge in [0.2, 0.25) is 5.91 Å². The Labute approximate surface area is 197 Å². The summed E-state index contributed by atoms with van der Waals surface area (Å²) in [6, 6.07) is 10.1. The van der Waals surface area contributed by atoms with E-state index in [-0.39, 0.29) is 54.0 Å². The van der Waals surface area contributed by atoms with Gasteiger partial charge < -0.3 is 20.7 Å². The molecule has 0 bridgehead atoms. The lowest BCUT2D eigenvalue weighted by Gasteiger charge is -2.19. The Morgan fingerprint density at radius 1 is 1.19 bits per heavy atom. The number of anilines is 1. The zero-order valence-electron chi connectivity index (χ0n) is 17.5. The van der Waals surface area contributed by atoms with Crippen molar-refractivity contribution in [2.24, 2.45) is 10.9 Å². The van der Waals surface area contributed by atoms with Gasteiger partial charge in [0.1, 0.15) is 5.82 Å². The second-order valence-corrected chi connectivity index (χ2v) is 7.29. The minimum absolute atomic E-state index is 0. The molecule has 0 saturated heterocycles. The normalized spacial score (nSPS) is 14.3. The van der Waals surface area contributed by atoms with E-state index in [1.165, 1.54) is 30.3 Å². The fourth-order valence-electron chi connectivity index (χ4n) is 2.78. The maximum Gasteiger partial charge on any atom is 0.243 e. The second kappa shape index (κ2) is 11.8. The van der Waals surface area contributed by atoms with Crippen molar-refractivity contribution in [1.29, 1.82) is 0 Å². The molecule has 0 spiro atoms. The first kappa shape index (κ1) is 24.8. The van der Waals surface area contributed by atoms with Crippen molar-refractivity contribution in [2.75, 3.05) is 25.5 Å².